The maximum atomic E-state index is 5.28. The van der Waals surface area contributed by atoms with Crippen LogP contribution in [0.5, 0.6) is 0 Å². The van der Waals surface area contributed by atoms with Gasteiger partial charge in [0, 0.05) is 6.04 Å². The number of hydrogen-bond donors (Lipinski definition) is 1. The molecule has 1 rings (SSSR count). The molecule has 1 aliphatic rings. The van der Waals surface area contributed by atoms with E-state index in [0.717, 1.165) is 11.8 Å². The first-order valence-electron chi connectivity index (χ1n) is 9.39. The van der Waals surface area contributed by atoms with E-state index >= 15 is 0 Å². The van der Waals surface area contributed by atoms with Crippen LogP contribution < -0.4 is 5.48 Å². The molecule has 3 atom stereocenters. The molecule has 0 saturated heterocycles. The third kappa shape index (κ3) is 5.56. The minimum Gasteiger partial charge on any atom is -0.305 e. The van der Waals surface area contributed by atoms with E-state index in [1.165, 1.54) is 64.2 Å². The molecule has 0 heterocycles. The molecule has 0 amide bonds. The Bertz CT molecular complexity index is 264. The Morgan fingerprint density at radius 2 is 1.67 bits per heavy atom. The lowest BCUT2D eigenvalue weighted by atomic mass is 9.65. The number of hydroxylamine groups is 1. The van der Waals surface area contributed by atoms with Gasteiger partial charge in [-0.05, 0) is 49.9 Å². The van der Waals surface area contributed by atoms with Crippen molar-refractivity contribution in [3.8, 4) is 0 Å². The molecule has 0 aromatic rings. The topological polar surface area (TPSA) is 21.3 Å². The zero-order chi connectivity index (χ0) is 15.7. The minimum absolute atomic E-state index is 0.400. The van der Waals surface area contributed by atoms with E-state index in [-0.39, 0.29) is 0 Å². The molecule has 0 bridgehead atoms. The Morgan fingerprint density at radius 1 is 1.05 bits per heavy atom. The van der Waals surface area contributed by atoms with Crippen molar-refractivity contribution >= 4 is 0 Å². The van der Waals surface area contributed by atoms with Gasteiger partial charge in [-0.2, -0.15) is 5.48 Å². The number of rotatable bonds is 13. The average Bonchev–Trinajstić information content (AvgIpc) is 3.31. The van der Waals surface area contributed by atoms with Crippen molar-refractivity contribution in [1.82, 2.24) is 5.48 Å². The van der Waals surface area contributed by atoms with Crippen molar-refractivity contribution in [2.24, 2.45) is 17.3 Å². The van der Waals surface area contributed by atoms with Gasteiger partial charge in [-0.15, -0.1) is 0 Å². The van der Waals surface area contributed by atoms with Crippen LogP contribution >= 0.6 is 0 Å². The van der Waals surface area contributed by atoms with Crippen LogP contribution in [0.4, 0.5) is 0 Å². The predicted molar refractivity (Wildman–Crippen MR) is 92.2 cm³/mol. The normalized spacial score (nSPS) is 21.0. The van der Waals surface area contributed by atoms with Crippen molar-refractivity contribution < 1.29 is 4.84 Å². The maximum absolute atomic E-state index is 5.28. The first-order chi connectivity index (χ1) is 10.1. The zero-order valence-corrected chi connectivity index (χ0v) is 15.2. The number of hydrogen-bond acceptors (Lipinski definition) is 2. The fourth-order valence-corrected chi connectivity index (χ4v) is 4.08. The largest absolute Gasteiger partial charge is 0.305 e. The maximum Gasteiger partial charge on any atom is 0.0572 e. The molecule has 2 nitrogen and oxygen atoms in total. The molecular formula is C19H39NO. The second-order valence-electron chi connectivity index (χ2n) is 7.37. The highest BCUT2D eigenvalue weighted by Crippen LogP contribution is 2.54. The molecule has 2 heteroatoms. The van der Waals surface area contributed by atoms with Crippen molar-refractivity contribution in [3.05, 3.63) is 0 Å². The summed E-state index contributed by atoms with van der Waals surface area (Å²) in [5, 5.41) is 0. The smallest absolute Gasteiger partial charge is 0.0572 e. The van der Waals surface area contributed by atoms with Crippen LogP contribution in [0.25, 0.3) is 0 Å². The second kappa shape index (κ2) is 9.84. The molecule has 21 heavy (non-hydrogen) atoms. The van der Waals surface area contributed by atoms with Crippen LogP contribution in [0.15, 0.2) is 0 Å². The molecule has 0 spiro atoms. The van der Waals surface area contributed by atoms with Gasteiger partial charge in [0.15, 0.2) is 0 Å². The lowest BCUT2D eigenvalue weighted by Crippen LogP contribution is -2.47. The van der Waals surface area contributed by atoms with E-state index in [0.29, 0.717) is 11.5 Å². The van der Waals surface area contributed by atoms with Crippen LogP contribution in [0, 0.1) is 17.3 Å². The highest BCUT2D eigenvalue weighted by Gasteiger charge is 2.49. The van der Waals surface area contributed by atoms with Gasteiger partial charge < -0.3 is 4.84 Å². The van der Waals surface area contributed by atoms with Crippen molar-refractivity contribution in [2.75, 3.05) is 7.11 Å². The predicted octanol–water partition coefficient (Wildman–Crippen LogP) is 5.72. The molecule has 0 aromatic heterocycles. The summed E-state index contributed by atoms with van der Waals surface area (Å²) >= 11 is 0. The summed E-state index contributed by atoms with van der Waals surface area (Å²) in [4.78, 5) is 5.28. The molecule has 0 aromatic carbocycles. The minimum atomic E-state index is 0.400. The Hall–Kier alpha value is -0.0800. The number of nitrogens with one attached hydrogen (secondary N) is 1. The van der Waals surface area contributed by atoms with E-state index < -0.39 is 0 Å². The molecular weight excluding hydrogens is 258 g/mol. The molecule has 0 radical (unpaired) electrons. The third-order valence-electron chi connectivity index (χ3n) is 5.88. The van der Waals surface area contributed by atoms with Crippen molar-refractivity contribution in [2.45, 2.75) is 97.9 Å². The van der Waals surface area contributed by atoms with Gasteiger partial charge in [-0.25, -0.2) is 0 Å². The van der Waals surface area contributed by atoms with Crippen LogP contribution in [-0.2, 0) is 4.84 Å². The summed E-state index contributed by atoms with van der Waals surface area (Å²) in [6.07, 6.45) is 13.9. The standard InChI is InChI=1S/C19H39NO/c1-6-8-10-11-13-17(12-9-7-2)19(4,18-14-15-18)16(3)20-21-5/h16-18,20H,6-15H2,1-5H3. The van der Waals surface area contributed by atoms with Crippen molar-refractivity contribution in [3.63, 3.8) is 0 Å². The van der Waals surface area contributed by atoms with Crippen LogP contribution in [0.1, 0.15) is 91.9 Å². The fraction of sp³-hybridized carbons (Fsp3) is 1.00. The van der Waals surface area contributed by atoms with Gasteiger partial charge >= 0.3 is 0 Å². The Kier molecular flexibility index (Phi) is 8.89. The highest BCUT2D eigenvalue weighted by molar-refractivity contribution is 5.00. The van der Waals surface area contributed by atoms with Gasteiger partial charge in [0.2, 0.25) is 0 Å². The lowest BCUT2D eigenvalue weighted by molar-refractivity contribution is -0.0195. The zero-order valence-electron chi connectivity index (χ0n) is 15.2. The third-order valence-corrected chi connectivity index (χ3v) is 5.88. The summed E-state index contributed by atoms with van der Waals surface area (Å²) in [7, 11) is 1.76. The first kappa shape index (κ1) is 19.0. The summed E-state index contributed by atoms with van der Waals surface area (Å²) in [6, 6.07) is 0.447. The average molecular weight is 298 g/mol. The molecule has 3 unspecified atom stereocenters. The van der Waals surface area contributed by atoms with Gasteiger partial charge in [-0.1, -0.05) is 59.3 Å². The number of unbranched alkanes of at least 4 members (excludes halogenated alkanes) is 4. The fourth-order valence-electron chi connectivity index (χ4n) is 4.08. The first-order valence-corrected chi connectivity index (χ1v) is 9.39. The lowest BCUT2D eigenvalue weighted by Gasteiger charge is -2.43. The SMILES string of the molecule is CCCCCCC(CCCC)C(C)(C1CC1)C(C)NOC. The summed E-state index contributed by atoms with van der Waals surface area (Å²) in [5.74, 6) is 1.75. The van der Waals surface area contributed by atoms with Crippen molar-refractivity contribution in [1.29, 1.82) is 0 Å². The van der Waals surface area contributed by atoms with E-state index in [9.17, 15) is 0 Å². The molecule has 126 valence electrons. The van der Waals surface area contributed by atoms with Gasteiger partial charge in [0.25, 0.3) is 0 Å². The van der Waals surface area contributed by atoms with E-state index in [1.54, 1.807) is 7.11 Å². The molecule has 1 aliphatic carbocycles. The summed E-state index contributed by atoms with van der Waals surface area (Å²) < 4.78 is 0. The quantitative estimate of drug-likeness (QED) is 0.347. The Labute approximate surface area is 133 Å². The Balaban J connectivity index is 2.69. The highest BCUT2D eigenvalue weighted by atomic mass is 16.6. The summed E-state index contributed by atoms with van der Waals surface area (Å²) in [6.45, 7) is 9.47. The van der Waals surface area contributed by atoms with Gasteiger partial charge in [0.1, 0.15) is 0 Å². The summed E-state index contributed by atoms with van der Waals surface area (Å²) in [5.41, 5.74) is 3.67. The second-order valence-corrected chi connectivity index (χ2v) is 7.37. The van der Waals surface area contributed by atoms with E-state index in [2.05, 4.69) is 33.2 Å². The van der Waals surface area contributed by atoms with E-state index in [4.69, 9.17) is 4.84 Å². The molecule has 1 saturated carbocycles. The molecule has 1 fully saturated rings. The van der Waals surface area contributed by atoms with E-state index in [1.807, 2.05) is 0 Å². The Morgan fingerprint density at radius 3 is 2.19 bits per heavy atom. The van der Waals surface area contributed by atoms with Crippen LogP contribution in [0.2, 0.25) is 0 Å². The monoisotopic (exact) mass is 297 g/mol. The van der Waals surface area contributed by atoms with Gasteiger partial charge in [-0.3, -0.25) is 0 Å². The van der Waals surface area contributed by atoms with Crippen LogP contribution in [0.3, 0.4) is 0 Å². The molecule has 0 aliphatic heterocycles. The van der Waals surface area contributed by atoms with Crippen LogP contribution in [-0.4, -0.2) is 13.2 Å². The molecule has 1 N–H and O–H groups in total. The van der Waals surface area contributed by atoms with Gasteiger partial charge in [0.05, 0.1) is 7.11 Å².